The fourth-order valence-corrected chi connectivity index (χ4v) is 3.36. The molecule has 1 N–H and O–H groups in total. The molecule has 0 fully saturated rings. The Balaban J connectivity index is 2.24. The van der Waals surface area contributed by atoms with Gasteiger partial charge in [0.1, 0.15) is 0 Å². The molecule has 2 rings (SSSR count). The van der Waals surface area contributed by atoms with Gasteiger partial charge in [0.05, 0.1) is 0 Å². The first-order valence-corrected chi connectivity index (χ1v) is 9.21. The fraction of sp³-hybridized carbons (Fsp3) is 0.455. The highest BCUT2D eigenvalue weighted by Gasteiger charge is 2.24. The Morgan fingerprint density at radius 2 is 1.54 bits per heavy atom. The Morgan fingerprint density at radius 1 is 0.917 bits per heavy atom. The SMILES string of the molecule is CCCC[C@H](CCO)N(Cc1ccccc1)[C@@H](C)c1ccccc1. The molecule has 24 heavy (non-hydrogen) atoms. The van der Waals surface area contributed by atoms with Crippen molar-refractivity contribution in [3.05, 3.63) is 71.8 Å². The second-order valence-corrected chi connectivity index (χ2v) is 6.55. The van der Waals surface area contributed by atoms with E-state index in [-0.39, 0.29) is 6.61 Å². The van der Waals surface area contributed by atoms with E-state index in [0.717, 1.165) is 19.4 Å². The lowest BCUT2D eigenvalue weighted by molar-refractivity contribution is 0.100. The van der Waals surface area contributed by atoms with Gasteiger partial charge in [-0.3, -0.25) is 4.90 Å². The van der Waals surface area contributed by atoms with Gasteiger partial charge in [0.2, 0.25) is 0 Å². The molecule has 0 saturated carbocycles. The molecule has 0 bridgehead atoms. The van der Waals surface area contributed by atoms with Gasteiger partial charge in [0.25, 0.3) is 0 Å². The molecule has 0 aliphatic carbocycles. The predicted molar refractivity (Wildman–Crippen MR) is 102 cm³/mol. The van der Waals surface area contributed by atoms with Crippen LogP contribution in [0.4, 0.5) is 0 Å². The fourth-order valence-electron chi connectivity index (χ4n) is 3.36. The third-order valence-electron chi connectivity index (χ3n) is 4.81. The van der Waals surface area contributed by atoms with Crippen LogP contribution in [-0.4, -0.2) is 22.7 Å². The van der Waals surface area contributed by atoms with Crippen molar-refractivity contribution in [1.82, 2.24) is 4.90 Å². The van der Waals surface area contributed by atoms with Crippen molar-refractivity contribution in [2.24, 2.45) is 0 Å². The zero-order valence-corrected chi connectivity index (χ0v) is 15.1. The molecule has 0 aliphatic heterocycles. The summed E-state index contributed by atoms with van der Waals surface area (Å²) < 4.78 is 0. The number of nitrogens with zero attached hydrogens (tertiary/aromatic N) is 1. The van der Waals surface area contributed by atoms with Crippen LogP contribution in [0.25, 0.3) is 0 Å². The van der Waals surface area contributed by atoms with Crippen LogP contribution in [0.15, 0.2) is 60.7 Å². The molecule has 0 saturated heterocycles. The minimum atomic E-state index is 0.251. The van der Waals surface area contributed by atoms with Gasteiger partial charge >= 0.3 is 0 Å². The maximum absolute atomic E-state index is 9.58. The average Bonchev–Trinajstić information content (AvgIpc) is 2.64. The Morgan fingerprint density at radius 3 is 2.12 bits per heavy atom. The van der Waals surface area contributed by atoms with E-state index in [9.17, 15) is 5.11 Å². The molecule has 2 aromatic rings. The topological polar surface area (TPSA) is 23.5 Å². The molecule has 0 radical (unpaired) electrons. The molecule has 0 aromatic heterocycles. The number of unbranched alkanes of at least 4 members (excludes halogenated alkanes) is 1. The lowest BCUT2D eigenvalue weighted by Gasteiger charge is -2.37. The largest absolute Gasteiger partial charge is 0.396 e. The molecule has 130 valence electrons. The van der Waals surface area contributed by atoms with E-state index in [1.807, 2.05) is 0 Å². The van der Waals surface area contributed by atoms with Crippen LogP contribution in [-0.2, 0) is 6.54 Å². The molecule has 2 nitrogen and oxygen atoms in total. The van der Waals surface area contributed by atoms with Crippen LogP contribution < -0.4 is 0 Å². The first-order chi connectivity index (χ1) is 11.8. The number of benzene rings is 2. The molecular formula is C22H31NO. The summed E-state index contributed by atoms with van der Waals surface area (Å²) in [5, 5.41) is 9.58. The number of hydrogen-bond donors (Lipinski definition) is 1. The molecule has 0 heterocycles. The zero-order chi connectivity index (χ0) is 17.2. The molecule has 0 unspecified atom stereocenters. The van der Waals surface area contributed by atoms with Crippen molar-refractivity contribution in [2.75, 3.05) is 6.61 Å². The molecule has 0 aliphatic rings. The second-order valence-electron chi connectivity index (χ2n) is 6.55. The summed E-state index contributed by atoms with van der Waals surface area (Å²) in [4.78, 5) is 2.57. The van der Waals surface area contributed by atoms with Crippen LogP contribution >= 0.6 is 0 Å². The van der Waals surface area contributed by atoms with Gasteiger partial charge in [-0.1, -0.05) is 80.4 Å². The van der Waals surface area contributed by atoms with E-state index < -0.39 is 0 Å². The third-order valence-corrected chi connectivity index (χ3v) is 4.81. The monoisotopic (exact) mass is 325 g/mol. The van der Waals surface area contributed by atoms with Crippen molar-refractivity contribution in [2.45, 2.75) is 58.2 Å². The van der Waals surface area contributed by atoms with E-state index in [2.05, 4.69) is 79.4 Å². The highest BCUT2D eigenvalue weighted by molar-refractivity contribution is 5.20. The number of hydrogen-bond acceptors (Lipinski definition) is 2. The molecular weight excluding hydrogens is 294 g/mol. The van der Waals surface area contributed by atoms with Gasteiger partial charge in [0.15, 0.2) is 0 Å². The van der Waals surface area contributed by atoms with Crippen LogP contribution in [0, 0.1) is 0 Å². The van der Waals surface area contributed by atoms with E-state index in [0.29, 0.717) is 12.1 Å². The van der Waals surface area contributed by atoms with E-state index in [4.69, 9.17) is 0 Å². The average molecular weight is 325 g/mol. The van der Waals surface area contributed by atoms with Gasteiger partial charge < -0.3 is 5.11 Å². The summed E-state index contributed by atoms with van der Waals surface area (Å²) in [7, 11) is 0. The number of rotatable bonds is 10. The first-order valence-electron chi connectivity index (χ1n) is 9.21. The predicted octanol–water partition coefficient (Wildman–Crippen LogP) is 5.19. The van der Waals surface area contributed by atoms with Crippen LogP contribution in [0.2, 0.25) is 0 Å². The molecule has 0 spiro atoms. The maximum atomic E-state index is 9.58. The van der Waals surface area contributed by atoms with Gasteiger partial charge in [0, 0.05) is 25.2 Å². The van der Waals surface area contributed by atoms with E-state index in [1.165, 1.54) is 24.0 Å². The summed E-state index contributed by atoms with van der Waals surface area (Å²) in [6.07, 6.45) is 4.38. The quantitative estimate of drug-likeness (QED) is 0.649. The standard InChI is InChI=1S/C22H31NO/c1-3-4-15-22(16-17-24)23(18-20-11-7-5-8-12-20)19(2)21-13-9-6-10-14-21/h5-14,19,22,24H,3-4,15-18H2,1-2H3/t19-,22+/m0/s1. The molecule has 2 atom stereocenters. The van der Waals surface area contributed by atoms with Crippen molar-refractivity contribution in [1.29, 1.82) is 0 Å². The number of aliphatic hydroxyl groups excluding tert-OH is 1. The molecule has 0 amide bonds. The van der Waals surface area contributed by atoms with E-state index >= 15 is 0 Å². The first kappa shape index (κ1) is 18.7. The normalized spacial score (nSPS) is 13.8. The van der Waals surface area contributed by atoms with Crippen LogP contribution in [0.1, 0.15) is 56.7 Å². The van der Waals surface area contributed by atoms with Crippen LogP contribution in [0.3, 0.4) is 0 Å². The van der Waals surface area contributed by atoms with Crippen LogP contribution in [0.5, 0.6) is 0 Å². The molecule has 2 heteroatoms. The lowest BCUT2D eigenvalue weighted by atomic mass is 9.98. The zero-order valence-electron chi connectivity index (χ0n) is 15.1. The minimum Gasteiger partial charge on any atom is -0.396 e. The smallest absolute Gasteiger partial charge is 0.0445 e. The molecule has 2 aromatic carbocycles. The van der Waals surface area contributed by atoms with Gasteiger partial charge in [-0.15, -0.1) is 0 Å². The number of aliphatic hydroxyl groups is 1. The van der Waals surface area contributed by atoms with Crippen molar-refractivity contribution in [3.63, 3.8) is 0 Å². The Kier molecular flexibility index (Phi) is 8.00. The van der Waals surface area contributed by atoms with E-state index in [1.54, 1.807) is 0 Å². The van der Waals surface area contributed by atoms with Crippen molar-refractivity contribution < 1.29 is 5.11 Å². The highest BCUT2D eigenvalue weighted by Crippen LogP contribution is 2.28. The van der Waals surface area contributed by atoms with Crippen molar-refractivity contribution in [3.8, 4) is 0 Å². The Labute approximate surface area is 147 Å². The van der Waals surface area contributed by atoms with Gasteiger partial charge in [-0.05, 0) is 30.9 Å². The summed E-state index contributed by atoms with van der Waals surface area (Å²) in [5.74, 6) is 0. The van der Waals surface area contributed by atoms with Gasteiger partial charge in [-0.2, -0.15) is 0 Å². The lowest BCUT2D eigenvalue weighted by Crippen LogP contribution is -2.37. The maximum Gasteiger partial charge on any atom is 0.0445 e. The Hall–Kier alpha value is -1.64. The summed E-state index contributed by atoms with van der Waals surface area (Å²) in [5.41, 5.74) is 2.67. The minimum absolute atomic E-state index is 0.251. The second kappa shape index (κ2) is 10.3. The summed E-state index contributed by atoms with van der Waals surface area (Å²) in [6, 6.07) is 22.1. The third kappa shape index (κ3) is 5.47. The Bertz CT molecular complexity index is 555. The summed E-state index contributed by atoms with van der Waals surface area (Å²) in [6.45, 7) is 5.69. The highest BCUT2D eigenvalue weighted by atomic mass is 16.3. The van der Waals surface area contributed by atoms with Crippen molar-refractivity contribution >= 4 is 0 Å². The summed E-state index contributed by atoms with van der Waals surface area (Å²) >= 11 is 0. The van der Waals surface area contributed by atoms with Gasteiger partial charge in [-0.25, -0.2) is 0 Å².